The lowest BCUT2D eigenvalue weighted by atomic mass is 10.1. The van der Waals surface area contributed by atoms with Gasteiger partial charge < -0.3 is 18.9 Å². The zero-order valence-electron chi connectivity index (χ0n) is 16.7. The van der Waals surface area contributed by atoms with Crippen molar-refractivity contribution in [3.8, 4) is 6.01 Å². The number of benzene rings is 2. The van der Waals surface area contributed by atoms with E-state index in [2.05, 4.69) is 4.98 Å². The third-order valence-electron chi connectivity index (χ3n) is 5.25. The van der Waals surface area contributed by atoms with Crippen molar-refractivity contribution in [3.63, 3.8) is 0 Å². The van der Waals surface area contributed by atoms with Gasteiger partial charge in [-0.2, -0.15) is 4.98 Å². The van der Waals surface area contributed by atoms with Crippen molar-refractivity contribution in [1.29, 1.82) is 0 Å². The standard InChI is InChI=1S/C23H18N2O7/c26-17-11-12-25-20-19(32-23(25)24-17)18(31-22(28)15-9-5-2-6-10-15)16(30-20)13-29-21(27)14-7-3-1-4-8-14/h1-12,16,18-20H,13H2/t16-,18?,19+,20-/m0/s1. The largest absolute Gasteiger partial charge is 0.459 e. The van der Waals surface area contributed by atoms with Gasteiger partial charge >= 0.3 is 17.9 Å². The van der Waals surface area contributed by atoms with Gasteiger partial charge in [0.05, 0.1) is 11.1 Å². The number of aromatic nitrogens is 2. The molecule has 3 aromatic rings. The van der Waals surface area contributed by atoms with Crippen molar-refractivity contribution in [2.24, 2.45) is 0 Å². The molecule has 1 aromatic heterocycles. The van der Waals surface area contributed by atoms with Gasteiger partial charge in [0.1, 0.15) is 12.7 Å². The molecule has 3 heterocycles. The highest BCUT2D eigenvalue weighted by atomic mass is 16.7. The van der Waals surface area contributed by atoms with Gasteiger partial charge in [-0.15, -0.1) is 0 Å². The van der Waals surface area contributed by atoms with Gasteiger partial charge in [0.2, 0.25) is 0 Å². The second-order valence-electron chi connectivity index (χ2n) is 7.30. The van der Waals surface area contributed by atoms with Gasteiger partial charge in [-0.05, 0) is 24.3 Å². The fourth-order valence-electron chi connectivity index (χ4n) is 3.71. The highest BCUT2D eigenvalue weighted by Gasteiger charge is 2.54. The Morgan fingerprint density at radius 3 is 2.28 bits per heavy atom. The van der Waals surface area contributed by atoms with Crippen molar-refractivity contribution in [2.75, 3.05) is 6.61 Å². The molecule has 2 aromatic carbocycles. The van der Waals surface area contributed by atoms with Crippen LogP contribution in [0.3, 0.4) is 0 Å². The Hall–Kier alpha value is -3.98. The van der Waals surface area contributed by atoms with Crippen molar-refractivity contribution >= 4 is 11.9 Å². The first-order chi connectivity index (χ1) is 15.6. The summed E-state index contributed by atoms with van der Waals surface area (Å²) in [6, 6.07) is 18.4. The molecule has 9 heteroatoms. The van der Waals surface area contributed by atoms with Crippen LogP contribution >= 0.6 is 0 Å². The Morgan fingerprint density at radius 1 is 0.938 bits per heavy atom. The minimum absolute atomic E-state index is 0.0768. The van der Waals surface area contributed by atoms with E-state index in [9.17, 15) is 14.4 Å². The summed E-state index contributed by atoms with van der Waals surface area (Å²) in [4.78, 5) is 40.5. The van der Waals surface area contributed by atoms with Gasteiger partial charge in [-0.3, -0.25) is 9.36 Å². The van der Waals surface area contributed by atoms with E-state index in [1.54, 1.807) is 65.2 Å². The smallest absolute Gasteiger partial charge is 0.338 e. The molecule has 0 aliphatic carbocycles. The molecule has 2 aliphatic rings. The second kappa shape index (κ2) is 8.27. The van der Waals surface area contributed by atoms with E-state index in [-0.39, 0.29) is 12.6 Å². The number of esters is 2. The lowest BCUT2D eigenvalue weighted by molar-refractivity contribution is -0.0574. The zero-order valence-corrected chi connectivity index (χ0v) is 16.7. The van der Waals surface area contributed by atoms with Gasteiger partial charge in [-0.1, -0.05) is 36.4 Å². The van der Waals surface area contributed by atoms with Crippen LogP contribution in [0, 0.1) is 0 Å². The average Bonchev–Trinajstić information content (AvgIpc) is 3.34. The van der Waals surface area contributed by atoms with Crippen molar-refractivity contribution in [3.05, 3.63) is 94.4 Å². The fraction of sp³-hybridized carbons (Fsp3) is 0.217. The second-order valence-corrected chi connectivity index (χ2v) is 7.30. The van der Waals surface area contributed by atoms with E-state index in [0.717, 1.165) is 0 Å². The molecule has 1 saturated heterocycles. The molecule has 5 rings (SSSR count). The molecule has 32 heavy (non-hydrogen) atoms. The number of fused-ring (bicyclic) bond motifs is 3. The van der Waals surface area contributed by atoms with Crippen LogP contribution in [0.4, 0.5) is 0 Å². The van der Waals surface area contributed by atoms with E-state index in [0.29, 0.717) is 11.1 Å². The monoisotopic (exact) mass is 434 g/mol. The first kappa shape index (κ1) is 20.0. The predicted octanol–water partition coefficient (Wildman–Crippen LogP) is 1.98. The molecule has 2 aliphatic heterocycles. The maximum absolute atomic E-state index is 12.7. The van der Waals surface area contributed by atoms with Gasteiger partial charge in [0.25, 0.3) is 5.56 Å². The van der Waals surface area contributed by atoms with Gasteiger partial charge in [0.15, 0.2) is 18.4 Å². The van der Waals surface area contributed by atoms with Crippen LogP contribution in [0.2, 0.25) is 0 Å². The summed E-state index contributed by atoms with van der Waals surface area (Å²) in [5.41, 5.74) is 0.299. The van der Waals surface area contributed by atoms with Crippen molar-refractivity contribution in [1.82, 2.24) is 9.55 Å². The Labute approximate surface area is 182 Å². The van der Waals surface area contributed by atoms with Crippen LogP contribution in [0.5, 0.6) is 6.01 Å². The number of hydrogen-bond acceptors (Lipinski definition) is 8. The van der Waals surface area contributed by atoms with Gasteiger partial charge in [-0.25, -0.2) is 9.59 Å². The minimum Gasteiger partial charge on any atom is -0.459 e. The lowest BCUT2D eigenvalue weighted by Gasteiger charge is -2.22. The Bertz CT molecular complexity index is 1200. The molecule has 4 atom stereocenters. The highest BCUT2D eigenvalue weighted by Crippen LogP contribution is 2.40. The normalized spacial score (nSPS) is 23.0. The first-order valence-corrected chi connectivity index (χ1v) is 10.00. The molecule has 0 N–H and O–H groups in total. The third kappa shape index (κ3) is 3.74. The van der Waals surface area contributed by atoms with Crippen molar-refractivity contribution in [2.45, 2.75) is 24.5 Å². The fourth-order valence-corrected chi connectivity index (χ4v) is 3.71. The number of ether oxygens (including phenoxy) is 4. The summed E-state index contributed by atoms with van der Waals surface area (Å²) in [5.74, 6) is -1.09. The SMILES string of the molecule is O=C(OC[C@@H]1O[C@H]2[C@H](Oc3nc(=O)ccn32)C1OC(=O)c1ccccc1)c1ccccc1. The average molecular weight is 434 g/mol. The van der Waals surface area contributed by atoms with Crippen molar-refractivity contribution < 1.29 is 28.5 Å². The summed E-state index contributed by atoms with van der Waals surface area (Å²) >= 11 is 0. The van der Waals surface area contributed by atoms with Crippen LogP contribution in [0.25, 0.3) is 0 Å². The van der Waals surface area contributed by atoms with E-state index in [1.165, 1.54) is 12.3 Å². The molecule has 0 saturated carbocycles. The molecule has 0 bridgehead atoms. The molecule has 0 radical (unpaired) electrons. The Morgan fingerprint density at radius 2 is 1.59 bits per heavy atom. The van der Waals surface area contributed by atoms with E-state index >= 15 is 0 Å². The summed E-state index contributed by atoms with van der Waals surface area (Å²) in [7, 11) is 0. The van der Waals surface area contributed by atoms with Crippen LogP contribution in [-0.4, -0.2) is 46.4 Å². The topological polar surface area (TPSA) is 106 Å². The molecule has 1 unspecified atom stereocenters. The molecule has 0 amide bonds. The van der Waals surface area contributed by atoms with Gasteiger partial charge in [0, 0.05) is 12.3 Å². The molecular weight excluding hydrogens is 416 g/mol. The molecule has 0 spiro atoms. The maximum atomic E-state index is 12.7. The number of rotatable bonds is 5. The number of hydrogen-bond donors (Lipinski definition) is 0. The van der Waals surface area contributed by atoms with E-state index in [4.69, 9.17) is 18.9 Å². The molecule has 162 valence electrons. The minimum atomic E-state index is -0.895. The molecule has 9 nitrogen and oxygen atoms in total. The van der Waals surface area contributed by atoms with Crippen LogP contribution in [0.1, 0.15) is 26.9 Å². The Kier molecular flexibility index (Phi) is 5.16. The highest BCUT2D eigenvalue weighted by molar-refractivity contribution is 5.90. The van der Waals surface area contributed by atoms with E-state index < -0.39 is 42.0 Å². The Balaban J connectivity index is 1.37. The number of carbonyl (C=O) groups is 2. The van der Waals surface area contributed by atoms with Crippen LogP contribution < -0.4 is 10.3 Å². The van der Waals surface area contributed by atoms with E-state index in [1.807, 2.05) is 0 Å². The summed E-state index contributed by atoms with van der Waals surface area (Å²) in [5, 5.41) is 0. The zero-order chi connectivity index (χ0) is 22.1. The third-order valence-corrected chi connectivity index (χ3v) is 5.25. The maximum Gasteiger partial charge on any atom is 0.338 e. The number of nitrogens with zero attached hydrogens (tertiary/aromatic N) is 2. The number of carbonyl (C=O) groups excluding carboxylic acids is 2. The van der Waals surface area contributed by atoms with Crippen LogP contribution in [0.15, 0.2) is 77.7 Å². The quantitative estimate of drug-likeness (QED) is 0.562. The summed E-state index contributed by atoms with van der Waals surface area (Å²) in [6.45, 7) is -0.153. The lowest BCUT2D eigenvalue weighted by Crippen LogP contribution is -2.40. The first-order valence-electron chi connectivity index (χ1n) is 10.00. The molecular formula is C23H18N2O7. The predicted molar refractivity (Wildman–Crippen MR) is 109 cm³/mol. The van der Waals surface area contributed by atoms with Crippen LogP contribution in [-0.2, 0) is 14.2 Å². The summed E-state index contributed by atoms with van der Waals surface area (Å²) < 4.78 is 24.5. The summed E-state index contributed by atoms with van der Waals surface area (Å²) in [6.07, 6.45) is -1.61. The molecule has 1 fully saturated rings.